The standard InChI is InChI=1S/C11H11N3O2/c12-8-5-7(6-14-11(8)13)16-10-4-2-1-3-9(10)15/h1-6,15H,12H2,(H2,13,14)/p+1. The summed E-state index contributed by atoms with van der Waals surface area (Å²) in [4.78, 5) is 2.75. The third-order valence-electron chi connectivity index (χ3n) is 2.07. The Morgan fingerprint density at radius 1 is 1.19 bits per heavy atom. The monoisotopic (exact) mass is 218 g/mol. The second kappa shape index (κ2) is 3.98. The van der Waals surface area contributed by atoms with Crippen LogP contribution in [0.25, 0.3) is 0 Å². The molecule has 0 radical (unpaired) electrons. The normalized spacial score (nSPS) is 10.0. The molecule has 1 aromatic carbocycles. The lowest BCUT2D eigenvalue weighted by Gasteiger charge is -2.06. The van der Waals surface area contributed by atoms with Crippen molar-refractivity contribution in [2.45, 2.75) is 0 Å². The number of rotatable bonds is 2. The number of aromatic hydroxyl groups is 1. The van der Waals surface area contributed by atoms with Crippen LogP contribution in [0.15, 0.2) is 36.5 Å². The Balaban J connectivity index is 2.28. The first-order chi connectivity index (χ1) is 7.66. The molecule has 0 atom stereocenters. The van der Waals surface area contributed by atoms with Crippen molar-refractivity contribution in [2.24, 2.45) is 0 Å². The molecule has 0 fully saturated rings. The molecule has 5 nitrogen and oxygen atoms in total. The number of para-hydroxylation sites is 2. The third-order valence-corrected chi connectivity index (χ3v) is 2.07. The Bertz CT molecular complexity index is 514. The van der Waals surface area contributed by atoms with Crippen LogP contribution in [0.1, 0.15) is 0 Å². The van der Waals surface area contributed by atoms with Crippen molar-refractivity contribution in [3.05, 3.63) is 36.5 Å². The van der Waals surface area contributed by atoms with Crippen molar-refractivity contribution >= 4 is 11.5 Å². The summed E-state index contributed by atoms with van der Waals surface area (Å²) in [7, 11) is 0. The van der Waals surface area contributed by atoms with Gasteiger partial charge in [0, 0.05) is 6.07 Å². The topological polar surface area (TPSA) is 95.6 Å². The van der Waals surface area contributed by atoms with Crippen LogP contribution in [-0.4, -0.2) is 5.11 Å². The first kappa shape index (κ1) is 10.1. The van der Waals surface area contributed by atoms with E-state index in [9.17, 15) is 5.11 Å². The Morgan fingerprint density at radius 2 is 1.94 bits per heavy atom. The molecule has 16 heavy (non-hydrogen) atoms. The number of nitrogen functional groups attached to an aromatic ring is 2. The van der Waals surface area contributed by atoms with Gasteiger partial charge in [-0.05, 0) is 12.1 Å². The molecule has 0 aliphatic carbocycles. The van der Waals surface area contributed by atoms with Crippen molar-refractivity contribution in [1.82, 2.24) is 0 Å². The number of pyridine rings is 1. The molecule has 2 aromatic rings. The SMILES string of the molecule is Nc1cc(Oc2ccccc2O)c[nH+]c1N. The Morgan fingerprint density at radius 3 is 2.62 bits per heavy atom. The Labute approximate surface area is 92.3 Å². The molecule has 5 heteroatoms. The average Bonchev–Trinajstić information content (AvgIpc) is 2.27. The van der Waals surface area contributed by atoms with E-state index >= 15 is 0 Å². The van der Waals surface area contributed by atoms with E-state index in [-0.39, 0.29) is 5.75 Å². The Kier molecular flexibility index (Phi) is 2.51. The minimum atomic E-state index is 0.0675. The van der Waals surface area contributed by atoms with Crippen LogP contribution in [0.5, 0.6) is 17.2 Å². The number of hydrogen-bond acceptors (Lipinski definition) is 4. The fourth-order valence-corrected chi connectivity index (χ4v) is 1.23. The predicted octanol–water partition coefficient (Wildman–Crippen LogP) is 1.16. The zero-order valence-corrected chi connectivity index (χ0v) is 8.47. The van der Waals surface area contributed by atoms with E-state index in [0.717, 1.165) is 0 Å². The van der Waals surface area contributed by atoms with Crippen LogP contribution < -0.4 is 21.2 Å². The van der Waals surface area contributed by atoms with E-state index in [1.165, 1.54) is 0 Å². The van der Waals surface area contributed by atoms with Gasteiger partial charge in [-0.1, -0.05) is 12.1 Å². The number of nitrogens with two attached hydrogens (primary N) is 2. The molecule has 0 bridgehead atoms. The van der Waals surface area contributed by atoms with Crippen molar-refractivity contribution in [1.29, 1.82) is 0 Å². The second-order valence-electron chi connectivity index (χ2n) is 3.27. The molecule has 0 spiro atoms. The molecule has 82 valence electrons. The van der Waals surface area contributed by atoms with Crippen LogP contribution in [0.4, 0.5) is 11.5 Å². The minimum Gasteiger partial charge on any atom is -0.504 e. The lowest BCUT2D eigenvalue weighted by Crippen LogP contribution is -2.12. The summed E-state index contributed by atoms with van der Waals surface area (Å²) in [5, 5.41) is 9.50. The number of benzene rings is 1. The predicted molar refractivity (Wildman–Crippen MR) is 60.0 cm³/mol. The van der Waals surface area contributed by atoms with Gasteiger partial charge >= 0.3 is 0 Å². The molecule has 0 saturated carbocycles. The largest absolute Gasteiger partial charge is 0.504 e. The number of nitrogens with one attached hydrogen (secondary N) is 1. The summed E-state index contributed by atoms with van der Waals surface area (Å²) in [6.45, 7) is 0. The zero-order chi connectivity index (χ0) is 11.5. The number of aromatic nitrogens is 1. The third kappa shape index (κ3) is 1.98. The van der Waals surface area contributed by atoms with Crippen LogP contribution in [0.2, 0.25) is 0 Å². The van der Waals surface area contributed by atoms with Gasteiger partial charge in [0.15, 0.2) is 17.2 Å². The van der Waals surface area contributed by atoms with Crippen LogP contribution in [-0.2, 0) is 0 Å². The first-order valence-electron chi connectivity index (χ1n) is 4.69. The van der Waals surface area contributed by atoms with Crippen LogP contribution in [0.3, 0.4) is 0 Å². The van der Waals surface area contributed by atoms with Crippen molar-refractivity contribution < 1.29 is 14.8 Å². The molecule has 0 saturated heterocycles. The van der Waals surface area contributed by atoms with Gasteiger partial charge in [-0.3, -0.25) is 5.73 Å². The summed E-state index contributed by atoms with van der Waals surface area (Å²) in [5.74, 6) is 1.29. The maximum absolute atomic E-state index is 9.50. The lowest BCUT2D eigenvalue weighted by molar-refractivity contribution is -0.360. The summed E-state index contributed by atoms with van der Waals surface area (Å²) < 4.78 is 5.43. The van der Waals surface area contributed by atoms with Gasteiger partial charge in [0.25, 0.3) is 5.82 Å². The highest BCUT2D eigenvalue weighted by molar-refractivity contribution is 5.56. The molecule has 1 aromatic heterocycles. The van der Waals surface area contributed by atoms with E-state index in [2.05, 4.69) is 4.98 Å². The van der Waals surface area contributed by atoms with Gasteiger partial charge < -0.3 is 15.6 Å². The average molecular weight is 218 g/mol. The van der Waals surface area contributed by atoms with Crippen molar-refractivity contribution in [3.8, 4) is 17.2 Å². The number of phenols is 1. The highest BCUT2D eigenvalue weighted by atomic mass is 16.5. The van der Waals surface area contributed by atoms with Gasteiger partial charge in [0.1, 0.15) is 11.9 Å². The van der Waals surface area contributed by atoms with E-state index in [1.54, 1.807) is 36.5 Å². The number of anilines is 2. The second-order valence-corrected chi connectivity index (χ2v) is 3.27. The number of H-pyrrole nitrogens is 1. The number of ether oxygens (including phenoxy) is 1. The molecular formula is C11H12N3O2+. The smallest absolute Gasteiger partial charge is 0.293 e. The maximum atomic E-state index is 9.50. The quantitative estimate of drug-likeness (QED) is 0.704. The van der Waals surface area contributed by atoms with Crippen LogP contribution in [0, 0.1) is 0 Å². The number of aromatic amines is 1. The van der Waals surface area contributed by atoms with E-state index < -0.39 is 0 Å². The van der Waals surface area contributed by atoms with Gasteiger partial charge in [-0.2, -0.15) is 0 Å². The molecule has 0 aliphatic rings. The molecule has 0 unspecified atom stereocenters. The molecule has 0 amide bonds. The van der Waals surface area contributed by atoms with Gasteiger partial charge in [-0.25, -0.2) is 4.98 Å². The summed E-state index contributed by atoms with van der Waals surface area (Å²) in [5.41, 5.74) is 11.5. The molecule has 1 heterocycles. The lowest BCUT2D eigenvalue weighted by atomic mass is 10.3. The van der Waals surface area contributed by atoms with E-state index in [4.69, 9.17) is 16.2 Å². The van der Waals surface area contributed by atoms with Gasteiger partial charge in [-0.15, -0.1) is 0 Å². The number of phenolic OH excluding ortho intramolecular Hbond substituents is 1. The highest BCUT2D eigenvalue weighted by Gasteiger charge is 2.07. The van der Waals surface area contributed by atoms with Crippen LogP contribution >= 0.6 is 0 Å². The van der Waals surface area contributed by atoms with Gasteiger partial charge in [0.05, 0.1) is 0 Å². The number of hydrogen-bond donors (Lipinski definition) is 3. The molecular weight excluding hydrogens is 206 g/mol. The maximum Gasteiger partial charge on any atom is 0.293 e. The first-order valence-corrected chi connectivity index (χ1v) is 4.69. The zero-order valence-electron chi connectivity index (χ0n) is 8.47. The summed E-state index contributed by atoms with van der Waals surface area (Å²) in [6.07, 6.45) is 1.57. The fourth-order valence-electron chi connectivity index (χ4n) is 1.23. The van der Waals surface area contributed by atoms with Crippen molar-refractivity contribution in [3.63, 3.8) is 0 Å². The van der Waals surface area contributed by atoms with E-state index in [1.807, 2.05) is 0 Å². The molecule has 0 aliphatic heterocycles. The molecule has 2 rings (SSSR count). The summed E-state index contributed by atoms with van der Waals surface area (Å²) in [6, 6.07) is 8.25. The summed E-state index contributed by atoms with van der Waals surface area (Å²) >= 11 is 0. The fraction of sp³-hybridized carbons (Fsp3) is 0. The van der Waals surface area contributed by atoms with Gasteiger partial charge in [0.2, 0.25) is 0 Å². The Hall–Kier alpha value is -2.43. The van der Waals surface area contributed by atoms with Crippen molar-refractivity contribution in [2.75, 3.05) is 11.5 Å². The minimum absolute atomic E-state index is 0.0675. The highest BCUT2D eigenvalue weighted by Crippen LogP contribution is 2.30. The van der Waals surface area contributed by atoms with E-state index in [0.29, 0.717) is 23.0 Å². The molecule has 6 N–H and O–H groups in total.